The SMILES string of the molecule is OC(CN1CCOCC1)c1cc2c(c3ccccc13)CCCC2. The molecule has 0 bridgehead atoms. The molecule has 0 aromatic heterocycles. The van der Waals surface area contributed by atoms with E-state index in [4.69, 9.17) is 4.74 Å². The van der Waals surface area contributed by atoms with Crippen molar-refractivity contribution in [1.29, 1.82) is 0 Å². The van der Waals surface area contributed by atoms with E-state index < -0.39 is 6.10 Å². The van der Waals surface area contributed by atoms with E-state index in [1.807, 2.05) is 0 Å². The number of aliphatic hydroxyl groups is 1. The highest BCUT2D eigenvalue weighted by Gasteiger charge is 2.21. The summed E-state index contributed by atoms with van der Waals surface area (Å²) in [5.74, 6) is 0. The number of fused-ring (bicyclic) bond motifs is 3. The van der Waals surface area contributed by atoms with Gasteiger partial charge in [-0.15, -0.1) is 0 Å². The highest BCUT2D eigenvalue weighted by Crippen LogP contribution is 2.34. The van der Waals surface area contributed by atoms with Gasteiger partial charge in [-0.25, -0.2) is 0 Å². The average Bonchev–Trinajstić information content (AvgIpc) is 2.62. The number of aryl methyl sites for hydroxylation is 2. The van der Waals surface area contributed by atoms with Crippen LogP contribution in [0.5, 0.6) is 0 Å². The number of hydrogen-bond donors (Lipinski definition) is 1. The molecule has 1 aliphatic heterocycles. The molecule has 2 aromatic carbocycles. The van der Waals surface area contributed by atoms with Crippen LogP contribution in [-0.2, 0) is 17.6 Å². The summed E-state index contributed by atoms with van der Waals surface area (Å²) in [6, 6.07) is 10.9. The van der Waals surface area contributed by atoms with Crippen LogP contribution in [0.2, 0.25) is 0 Å². The smallest absolute Gasteiger partial charge is 0.0923 e. The van der Waals surface area contributed by atoms with Gasteiger partial charge in [-0.2, -0.15) is 0 Å². The van der Waals surface area contributed by atoms with E-state index in [0.29, 0.717) is 6.54 Å². The molecule has 0 spiro atoms. The van der Waals surface area contributed by atoms with E-state index >= 15 is 0 Å². The molecule has 1 heterocycles. The van der Waals surface area contributed by atoms with Crippen molar-refractivity contribution in [3.05, 3.63) is 47.0 Å². The minimum Gasteiger partial charge on any atom is -0.387 e. The largest absolute Gasteiger partial charge is 0.387 e. The minimum atomic E-state index is -0.426. The first-order valence-electron chi connectivity index (χ1n) is 8.84. The highest BCUT2D eigenvalue weighted by atomic mass is 16.5. The molecule has 4 rings (SSSR count). The summed E-state index contributed by atoms with van der Waals surface area (Å²) in [5, 5.41) is 13.5. The van der Waals surface area contributed by atoms with E-state index in [2.05, 4.69) is 35.2 Å². The molecule has 2 aliphatic rings. The minimum absolute atomic E-state index is 0.426. The Kier molecular flexibility index (Phi) is 4.34. The van der Waals surface area contributed by atoms with Gasteiger partial charge in [-0.05, 0) is 53.1 Å². The van der Waals surface area contributed by atoms with Gasteiger partial charge in [0.1, 0.15) is 0 Å². The Morgan fingerprint density at radius 3 is 2.61 bits per heavy atom. The van der Waals surface area contributed by atoms with Crippen LogP contribution in [0.3, 0.4) is 0 Å². The van der Waals surface area contributed by atoms with Crippen molar-refractivity contribution in [2.45, 2.75) is 31.8 Å². The second-order valence-corrected chi connectivity index (χ2v) is 6.78. The molecule has 0 amide bonds. The van der Waals surface area contributed by atoms with Gasteiger partial charge in [-0.1, -0.05) is 30.3 Å². The van der Waals surface area contributed by atoms with Gasteiger partial charge in [0.2, 0.25) is 0 Å². The molecule has 0 saturated carbocycles. The normalized spacial score (nSPS) is 20.4. The van der Waals surface area contributed by atoms with Gasteiger partial charge in [0.25, 0.3) is 0 Å². The van der Waals surface area contributed by atoms with Crippen molar-refractivity contribution >= 4 is 10.8 Å². The third-order valence-corrected chi connectivity index (χ3v) is 5.30. The summed E-state index contributed by atoms with van der Waals surface area (Å²) < 4.78 is 5.41. The summed E-state index contributed by atoms with van der Waals surface area (Å²) in [6.07, 6.45) is 4.45. The second kappa shape index (κ2) is 6.60. The van der Waals surface area contributed by atoms with E-state index in [1.165, 1.54) is 41.2 Å². The zero-order chi connectivity index (χ0) is 15.6. The number of hydrogen-bond acceptors (Lipinski definition) is 3. The third-order valence-electron chi connectivity index (χ3n) is 5.30. The Hall–Kier alpha value is -1.42. The molecule has 3 nitrogen and oxygen atoms in total. The summed E-state index contributed by atoms with van der Waals surface area (Å²) in [4.78, 5) is 2.31. The van der Waals surface area contributed by atoms with Gasteiger partial charge < -0.3 is 9.84 Å². The molecule has 1 saturated heterocycles. The zero-order valence-electron chi connectivity index (χ0n) is 13.6. The van der Waals surface area contributed by atoms with Gasteiger partial charge in [0.15, 0.2) is 0 Å². The fourth-order valence-electron chi connectivity index (χ4n) is 4.06. The number of ether oxygens (including phenoxy) is 1. The van der Waals surface area contributed by atoms with Gasteiger partial charge in [0.05, 0.1) is 19.3 Å². The number of benzene rings is 2. The lowest BCUT2D eigenvalue weighted by molar-refractivity contribution is 0.0146. The quantitative estimate of drug-likeness (QED) is 0.945. The lowest BCUT2D eigenvalue weighted by Crippen LogP contribution is -2.38. The fraction of sp³-hybridized carbons (Fsp3) is 0.500. The maximum atomic E-state index is 10.9. The molecule has 1 fully saturated rings. The molecule has 1 atom stereocenters. The fourth-order valence-corrected chi connectivity index (χ4v) is 4.06. The van der Waals surface area contributed by atoms with Crippen molar-refractivity contribution in [1.82, 2.24) is 4.90 Å². The monoisotopic (exact) mass is 311 g/mol. The summed E-state index contributed by atoms with van der Waals surface area (Å²) in [6.45, 7) is 4.08. The molecule has 1 unspecified atom stereocenters. The van der Waals surface area contributed by atoms with Crippen molar-refractivity contribution in [2.75, 3.05) is 32.8 Å². The Morgan fingerprint density at radius 2 is 1.78 bits per heavy atom. The lowest BCUT2D eigenvalue weighted by atomic mass is 9.84. The Balaban J connectivity index is 1.70. The molecule has 1 N–H and O–H groups in total. The number of nitrogens with zero attached hydrogens (tertiary/aromatic N) is 1. The number of morpholine rings is 1. The van der Waals surface area contributed by atoms with Crippen LogP contribution >= 0.6 is 0 Å². The first kappa shape index (κ1) is 15.1. The summed E-state index contributed by atoms with van der Waals surface area (Å²) >= 11 is 0. The lowest BCUT2D eigenvalue weighted by Gasteiger charge is -2.30. The molecular weight excluding hydrogens is 286 g/mol. The van der Waals surface area contributed by atoms with Crippen LogP contribution in [0, 0.1) is 0 Å². The van der Waals surface area contributed by atoms with Gasteiger partial charge in [0, 0.05) is 19.6 Å². The molecule has 2 aromatic rings. The molecule has 23 heavy (non-hydrogen) atoms. The molecule has 1 aliphatic carbocycles. The van der Waals surface area contributed by atoms with Crippen molar-refractivity contribution in [3.8, 4) is 0 Å². The topological polar surface area (TPSA) is 32.7 Å². The van der Waals surface area contributed by atoms with Crippen molar-refractivity contribution in [2.24, 2.45) is 0 Å². The molecule has 0 radical (unpaired) electrons. The predicted octanol–water partition coefficient (Wildman–Crippen LogP) is 3.08. The maximum absolute atomic E-state index is 10.9. The standard InChI is InChI=1S/C20H25NO2/c22-20(14-21-9-11-23-12-10-21)19-13-15-5-1-2-6-16(15)17-7-3-4-8-18(17)19/h3-4,7-8,13,20,22H,1-2,5-6,9-12,14H2. The van der Waals surface area contributed by atoms with Gasteiger partial charge in [-0.3, -0.25) is 4.90 Å². The Bertz CT molecular complexity index is 691. The molecule has 3 heteroatoms. The second-order valence-electron chi connectivity index (χ2n) is 6.78. The van der Waals surface area contributed by atoms with E-state index in [1.54, 1.807) is 0 Å². The van der Waals surface area contributed by atoms with Crippen LogP contribution < -0.4 is 0 Å². The summed E-state index contributed by atoms with van der Waals surface area (Å²) in [5.41, 5.74) is 4.06. The number of rotatable bonds is 3. The molecule has 122 valence electrons. The number of β-amino-alcohol motifs (C(OH)–C–C–N with tert-alkyl or cyclic N) is 1. The van der Waals surface area contributed by atoms with E-state index in [-0.39, 0.29) is 0 Å². The molecular formula is C20H25NO2. The van der Waals surface area contributed by atoms with Crippen LogP contribution in [0.25, 0.3) is 10.8 Å². The van der Waals surface area contributed by atoms with Crippen LogP contribution in [0.1, 0.15) is 35.6 Å². The Morgan fingerprint density at radius 1 is 1.04 bits per heavy atom. The zero-order valence-corrected chi connectivity index (χ0v) is 13.6. The van der Waals surface area contributed by atoms with E-state index in [0.717, 1.165) is 38.3 Å². The van der Waals surface area contributed by atoms with Crippen LogP contribution in [-0.4, -0.2) is 42.9 Å². The van der Waals surface area contributed by atoms with Crippen LogP contribution in [0.15, 0.2) is 30.3 Å². The van der Waals surface area contributed by atoms with E-state index in [9.17, 15) is 5.11 Å². The Labute approximate surface area is 137 Å². The third kappa shape index (κ3) is 3.01. The van der Waals surface area contributed by atoms with Gasteiger partial charge >= 0.3 is 0 Å². The summed E-state index contributed by atoms with van der Waals surface area (Å²) in [7, 11) is 0. The predicted molar refractivity (Wildman–Crippen MR) is 92.8 cm³/mol. The maximum Gasteiger partial charge on any atom is 0.0923 e. The van der Waals surface area contributed by atoms with Crippen LogP contribution in [0.4, 0.5) is 0 Å². The highest BCUT2D eigenvalue weighted by molar-refractivity contribution is 5.90. The average molecular weight is 311 g/mol. The number of aliphatic hydroxyl groups excluding tert-OH is 1. The van der Waals surface area contributed by atoms with Crippen molar-refractivity contribution < 1.29 is 9.84 Å². The van der Waals surface area contributed by atoms with Crippen molar-refractivity contribution in [3.63, 3.8) is 0 Å². The first-order chi connectivity index (χ1) is 11.3. The first-order valence-corrected chi connectivity index (χ1v) is 8.84.